The second kappa shape index (κ2) is 12.5. The third-order valence-electron chi connectivity index (χ3n) is 5.39. The zero-order valence-corrected chi connectivity index (χ0v) is 22.0. The molecule has 0 bridgehead atoms. The van der Waals surface area contributed by atoms with Gasteiger partial charge in [0.1, 0.15) is 33.4 Å². The molecule has 0 aromatic carbocycles. The van der Waals surface area contributed by atoms with E-state index in [1.165, 1.54) is 18.6 Å². The first-order valence-corrected chi connectivity index (χ1v) is 12.7. The second-order valence-corrected chi connectivity index (χ2v) is 9.71. The van der Waals surface area contributed by atoms with Crippen LogP contribution >= 0.6 is 22.9 Å². The summed E-state index contributed by atoms with van der Waals surface area (Å²) < 4.78 is 44.5. The van der Waals surface area contributed by atoms with Crippen molar-refractivity contribution < 1.29 is 27.5 Å². The van der Waals surface area contributed by atoms with Gasteiger partial charge in [0.05, 0.1) is 42.6 Å². The van der Waals surface area contributed by atoms with E-state index in [9.17, 15) is 22.8 Å². The number of thiazole rings is 1. The van der Waals surface area contributed by atoms with Crippen LogP contribution in [0.15, 0.2) is 30.9 Å². The Hall–Kier alpha value is -3.64. The Morgan fingerprint density at radius 1 is 1.15 bits per heavy atom. The molecule has 1 unspecified atom stereocenters. The van der Waals surface area contributed by atoms with Crippen molar-refractivity contribution in [3.63, 3.8) is 0 Å². The van der Waals surface area contributed by atoms with Gasteiger partial charge in [0.15, 0.2) is 0 Å². The number of ether oxygens (including phenoxy) is 1. The lowest BCUT2D eigenvalue weighted by atomic mass is 10.2. The molecule has 4 rings (SSSR count). The molecule has 0 radical (unpaired) electrons. The van der Waals surface area contributed by atoms with E-state index in [0.29, 0.717) is 36.5 Å². The van der Waals surface area contributed by atoms with Crippen LogP contribution < -0.4 is 10.6 Å². The van der Waals surface area contributed by atoms with E-state index in [-0.39, 0.29) is 16.4 Å². The molecule has 1 atom stereocenters. The minimum absolute atomic E-state index is 0.108. The number of amides is 2. The zero-order valence-electron chi connectivity index (χ0n) is 20.4. The summed E-state index contributed by atoms with van der Waals surface area (Å²) in [5.41, 5.74) is -0.614. The maximum atomic E-state index is 13.1. The first-order valence-electron chi connectivity index (χ1n) is 11.5. The first-order chi connectivity index (χ1) is 18.6. The molecule has 204 valence electrons. The smallest absolute Gasteiger partial charge is 0.379 e. The summed E-state index contributed by atoms with van der Waals surface area (Å²) in [7, 11) is 0. The summed E-state index contributed by atoms with van der Waals surface area (Å²) in [5.74, 6) is 4.44. The van der Waals surface area contributed by atoms with E-state index in [1.807, 2.05) is 0 Å². The number of aromatic nitrogens is 4. The third kappa shape index (κ3) is 7.70. The lowest BCUT2D eigenvalue weighted by molar-refractivity contribution is -0.137. The Bertz CT molecular complexity index is 1420. The van der Waals surface area contributed by atoms with Crippen LogP contribution in [0.5, 0.6) is 0 Å². The number of pyridine rings is 1. The number of hydrogen-bond acceptors (Lipinski definition) is 9. The van der Waals surface area contributed by atoms with E-state index in [1.54, 1.807) is 6.92 Å². The molecule has 1 aliphatic heterocycles. The lowest BCUT2D eigenvalue weighted by Gasteiger charge is -2.24. The number of halogens is 4. The molecule has 0 spiro atoms. The minimum Gasteiger partial charge on any atom is -0.379 e. The molecule has 0 saturated carbocycles. The van der Waals surface area contributed by atoms with Gasteiger partial charge >= 0.3 is 6.18 Å². The van der Waals surface area contributed by atoms with Crippen molar-refractivity contribution in [1.29, 1.82) is 0 Å². The highest BCUT2D eigenvalue weighted by atomic mass is 35.5. The lowest BCUT2D eigenvalue weighted by Crippen LogP contribution is -2.36. The molecule has 3 aromatic heterocycles. The van der Waals surface area contributed by atoms with Crippen molar-refractivity contribution in [2.24, 2.45) is 0 Å². The molecule has 1 saturated heterocycles. The average molecular weight is 580 g/mol. The van der Waals surface area contributed by atoms with Gasteiger partial charge in [0.2, 0.25) is 0 Å². The molecule has 2 N–H and O–H groups in total. The number of alkyl halides is 3. The maximum Gasteiger partial charge on any atom is 0.418 e. The molecule has 0 aliphatic carbocycles. The largest absolute Gasteiger partial charge is 0.418 e. The highest BCUT2D eigenvalue weighted by molar-refractivity contribution is 7.13. The Labute approximate surface area is 230 Å². The summed E-state index contributed by atoms with van der Waals surface area (Å²) in [5, 5.41) is 4.85. The fourth-order valence-electron chi connectivity index (χ4n) is 3.38. The van der Waals surface area contributed by atoms with Gasteiger partial charge in [0.25, 0.3) is 11.8 Å². The van der Waals surface area contributed by atoms with Gasteiger partial charge in [-0.25, -0.2) is 19.9 Å². The van der Waals surface area contributed by atoms with Crippen LogP contribution in [0.4, 0.5) is 19.0 Å². The fraction of sp³-hybridized carbons (Fsp3) is 0.333. The van der Waals surface area contributed by atoms with Crippen LogP contribution in [-0.2, 0) is 10.9 Å². The number of hydrogen-bond donors (Lipinski definition) is 2. The van der Waals surface area contributed by atoms with Gasteiger partial charge in [0, 0.05) is 25.4 Å². The SMILES string of the molecule is CC(NC(=O)c1cc(C#CCN2CCOCC2)ncn1)c1ncc(C(=O)Nc2cc(C(F)(F)F)c(Cl)cn2)s1. The Kier molecular flexibility index (Phi) is 9.08. The van der Waals surface area contributed by atoms with Crippen LogP contribution in [0.3, 0.4) is 0 Å². The Morgan fingerprint density at radius 3 is 2.67 bits per heavy atom. The number of nitrogens with zero attached hydrogens (tertiary/aromatic N) is 5. The van der Waals surface area contributed by atoms with Crippen molar-refractivity contribution in [1.82, 2.24) is 30.2 Å². The number of rotatable bonds is 6. The van der Waals surface area contributed by atoms with Gasteiger partial charge in [-0.1, -0.05) is 17.5 Å². The van der Waals surface area contributed by atoms with Crippen LogP contribution in [0, 0.1) is 11.8 Å². The molecule has 15 heteroatoms. The van der Waals surface area contributed by atoms with Crippen molar-refractivity contribution in [3.8, 4) is 11.8 Å². The summed E-state index contributed by atoms with van der Waals surface area (Å²) in [6, 6.07) is 1.53. The van der Waals surface area contributed by atoms with Crippen LogP contribution in [0.1, 0.15) is 49.4 Å². The fourth-order valence-corrected chi connectivity index (χ4v) is 4.40. The van der Waals surface area contributed by atoms with Crippen molar-refractivity contribution in [2.45, 2.75) is 19.1 Å². The molecule has 2 amide bonds. The number of nitrogens with one attached hydrogen (secondary N) is 2. The quantitative estimate of drug-likeness (QED) is 0.426. The number of carbonyl (C=O) groups excluding carboxylic acids is 2. The molecule has 1 fully saturated rings. The second-order valence-electron chi connectivity index (χ2n) is 8.24. The molecule has 3 aromatic rings. The zero-order chi connectivity index (χ0) is 28.0. The van der Waals surface area contributed by atoms with E-state index < -0.39 is 34.6 Å². The van der Waals surface area contributed by atoms with Crippen LogP contribution in [-0.4, -0.2) is 69.5 Å². The minimum atomic E-state index is -4.70. The summed E-state index contributed by atoms with van der Waals surface area (Å²) in [6.45, 7) is 5.18. The molecule has 10 nitrogen and oxygen atoms in total. The van der Waals surface area contributed by atoms with Crippen molar-refractivity contribution in [3.05, 3.63) is 62.7 Å². The average Bonchev–Trinajstić information content (AvgIpc) is 3.41. The highest BCUT2D eigenvalue weighted by Gasteiger charge is 2.34. The summed E-state index contributed by atoms with van der Waals surface area (Å²) in [4.78, 5) is 43.5. The van der Waals surface area contributed by atoms with Crippen LogP contribution in [0.2, 0.25) is 5.02 Å². The van der Waals surface area contributed by atoms with Crippen molar-refractivity contribution >= 4 is 40.6 Å². The summed E-state index contributed by atoms with van der Waals surface area (Å²) in [6.07, 6.45) is -1.39. The molecule has 1 aliphatic rings. The van der Waals surface area contributed by atoms with Gasteiger partial charge in [-0.2, -0.15) is 13.2 Å². The Morgan fingerprint density at radius 2 is 1.92 bits per heavy atom. The first kappa shape index (κ1) is 28.4. The predicted molar refractivity (Wildman–Crippen MR) is 136 cm³/mol. The van der Waals surface area contributed by atoms with Gasteiger partial charge in [-0.15, -0.1) is 11.3 Å². The standard InChI is InChI=1S/C24H21ClF3N7O3S/c1-14(33-21(36)18-9-15(31-13-32-18)3-2-4-35-5-7-38-8-6-35)23-30-12-19(39-23)22(37)34-20-10-16(24(26,27)28)17(25)11-29-20/h9-14H,4-8H2,1H3,(H,33,36)(H,29,34,37). The van der Waals surface area contributed by atoms with E-state index in [4.69, 9.17) is 16.3 Å². The van der Waals surface area contributed by atoms with Crippen LogP contribution in [0.25, 0.3) is 0 Å². The summed E-state index contributed by atoms with van der Waals surface area (Å²) >= 11 is 6.52. The van der Waals surface area contributed by atoms with Gasteiger partial charge in [-0.05, 0) is 18.9 Å². The van der Waals surface area contributed by atoms with E-state index in [2.05, 4.69) is 47.3 Å². The molecular weight excluding hydrogens is 559 g/mol. The number of anilines is 1. The maximum absolute atomic E-state index is 13.1. The third-order valence-corrected chi connectivity index (χ3v) is 6.87. The Balaban J connectivity index is 1.36. The normalized spacial score (nSPS) is 14.7. The highest BCUT2D eigenvalue weighted by Crippen LogP contribution is 2.35. The monoisotopic (exact) mass is 579 g/mol. The van der Waals surface area contributed by atoms with Crippen molar-refractivity contribution in [2.75, 3.05) is 38.2 Å². The predicted octanol–water partition coefficient (Wildman–Crippen LogP) is 3.43. The molecular formula is C24H21ClF3N7O3S. The van der Waals surface area contributed by atoms with Gasteiger partial charge < -0.3 is 15.4 Å². The molecule has 4 heterocycles. The topological polar surface area (TPSA) is 122 Å². The number of carbonyl (C=O) groups is 2. The van der Waals surface area contributed by atoms with E-state index in [0.717, 1.165) is 30.6 Å². The van der Waals surface area contributed by atoms with Gasteiger partial charge in [-0.3, -0.25) is 14.5 Å². The number of morpholine rings is 1. The van der Waals surface area contributed by atoms with E-state index >= 15 is 0 Å². The molecule has 39 heavy (non-hydrogen) atoms.